The summed E-state index contributed by atoms with van der Waals surface area (Å²) in [5, 5.41) is 1.48. The van der Waals surface area contributed by atoms with E-state index in [4.69, 9.17) is 27.9 Å². The van der Waals surface area contributed by atoms with Crippen LogP contribution in [0.2, 0.25) is 10.0 Å². The molecular formula is C14H12Cl2N2O2. The number of aromatic nitrogens is 1. The fourth-order valence-corrected chi connectivity index (χ4v) is 2.85. The lowest BCUT2D eigenvalue weighted by atomic mass is 10.2. The topological polar surface area (TPSA) is 42.4 Å². The highest BCUT2D eigenvalue weighted by Gasteiger charge is 2.22. The maximum Gasteiger partial charge on any atom is 0.415 e. The molecule has 2 heterocycles. The minimum Gasteiger partial charge on any atom is -0.406 e. The maximum absolute atomic E-state index is 12.1. The number of carbonyl (C=O) groups is 1. The van der Waals surface area contributed by atoms with Crippen LogP contribution in [-0.4, -0.2) is 29.1 Å². The number of hydrogen-bond donors (Lipinski definition) is 0. The van der Waals surface area contributed by atoms with Crippen molar-refractivity contribution in [2.75, 3.05) is 13.1 Å². The molecule has 1 saturated heterocycles. The predicted molar refractivity (Wildman–Crippen MR) is 78.6 cm³/mol. The maximum atomic E-state index is 12.1. The average Bonchev–Trinajstić information content (AvgIpc) is 2.97. The minimum atomic E-state index is -0.390. The van der Waals surface area contributed by atoms with Crippen LogP contribution in [0.15, 0.2) is 24.4 Å². The molecule has 1 amide bonds. The number of hydrogen-bond acceptors (Lipinski definition) is 3. The first kappa shape index (κ1) is 13.5. The van der Waals surface area contributed by atoms with Crippen LogP contribution in [0.25, 0.3) is 10.9 Å². The fourth-order valence-electron chi connectivity index (χ4n) is 2.30. The van der Waals surface area contributed by atoms with Crippen molar-refractivity contribution in [1.82, 2.24) is 9.88 Å². The van der Waals surface area contributed by atoms with E-state index in [-0.39, 0.29) is 10.8 Å². The van der Waals surface area contributed by atoms with Crippen LogP contribution >= 0.6 is 23.2 Å². The lowest BCUT2D eigenvalue weighted by Crippen LogP contribution is -2.30. The first-order chi connectivity index (χ1) is 9.66. The molecule has 1 aromatic carbocycles. The summed E-state index contributed by atoms with van der Waals surface area (Å²) in [5.74, 6) is 0.267. The molecule has 1 aliphatic rings. The van der Waals surface area contributed by atoms with Gasteiger partial charge in [-0.3, -0.25) is 4.98 Å². The molecule has 2 aromatic rings. The smallest absolute Gasteiger partial charge is 0.406 e. The van der Waals surface area contributed by atoms with Gasteiger partial charge in [0.05, 0.1) is 10.0 Å². The zero-order valence-corrected chi connectivity index (χ0v) is 12.1. The molecule has 3 rings (SSSR count). The molecule has 6 heteroatoms. The number of pyridine rings is 1. The lowest BCUT2D eigenvalue weighted by molar-refractivity contribution is 0.163. The molecule has 0 atom stereocenters. The molecule has 0 N–H and O–H groups in total. The molecule has 4 nitrogen and oxygen atoms in total. The van der Waals surface area contributed by atoms with E-state index in [9.17, 15) is 4.79 Å². The number of rotatable bonds is 1. The highest BCUT2D eigenvalue weighted by atomic mass is 35.5. The molecule has 0 spiro atoms. The van der Waals surface area contributed by atoms with Gasteiger partial charge in [-0.2, -0.15) is 0 Å². The number of benzene rings is 1. The molecule has 0 unspecified atom stereocenters. The summed E-state index contributed by atoms with van der Waals surface area (Å²) < 4.78 is 5.43. The van der Waals surface area contributed by atoms with Gasteiger partial charge in [-0.1, -0.05) is 23.2 Å². The van der Waals surface area contributed by atoms with Crippen molar-refractivity contribution in [2.24, 2.45) is 0 Å². The van der Waals surface area contributed by atoms with Gasteiger partial charge >= 0.3 is 6.09 Å². The Morgan fingerprint density at radius 2 is 2.00 bits per heavy atom. The highest BCUT2D eigenvalue weighted by molar-refractivity contribution is 6.39. The van der Waals surface area contributed by atoms with Gasteiger partial charge in [0.25, 0.3) is 0 Å². The molecule has 0 aliphatic carbocycles. The van der Waals surface area contributed by atoms with Crippen LogP contribution in [0.4, 0.5) is 4.79 Å². The summed E-state index contributed by atoms with van der Waals surface area (Å²) >= 11 is 12.3. The van der Waals surface area contributed by atoms with E-state index in [1.54, 1.807) is 23.2 Å². The number of likely N-dealkylation sites (tertiary alicyclic amines) is 1. The van der Waals surface area contributed by atoms with Gasteiger partial charge < -0.3 is 9.64 Å². The standard InChI is InChI=1S/C14H12Cl2N2O2/c15-10-8-11(16)13(12-9(10)4-3-5-17-12)20-14(19)18-6-1-2-7-18/h3-5,8H,1-2,6-7H2. The Hall–Kier alpha value is -1.52. The van der Waals surface area contributed by atoms with Gasteiger partial charge in [-0.05, 0) is 31.0 Å². The predicted octanol–water partition coefficient (Wildman–Crippen LogP) is 4.14. The summed E-state index contributed by atoms with van der Waals surface area (Å²) in [6.45, 7) is 1.44. The Kier molecular flexibility index (Phi) is 3.68. The SMILES string of the molecule is O=C(Oc1c(Cl)cc(Cl)c2cccnc12)N1CCCC1. The monoisotopic (exact) mass is 310 g/mol. The third-order valence-electron chi connectivity index (χ3n) is 3.30. The Balaban J connectivity index is 2.00. The van der Waals surface area contributed by atoms with Crippen molar-refractivity contribution in [3.05, 3.63) is 34.4 Å². The third kappa shape index (κ3) is 2.41. The largest absolute Gasteiger partial charge is 0.415 e. The van der Waals surface area contributed by atoms with E-state index in [1.165, 1.54) is 0 Å². The van der Waals surface area contributed by atoms with Gasteiger partial charge in [0.1, 0.15) is 5.52 Å². The molecule has 1 aliphatic heterocycles. The molecule has 0 bridgehead atoms. The summed E-state index contributed by atoms with van der Waals surface area (Å²) in [6, 6.07) is 5.15. The lowest BCUT2D eigenvalue weighted by Gasteiger charge is -2.16. The van der Waals surface area contributed by atoms with E-state index < -0.39 is 6.09 Å². The van der Waals surface area contributed by atoms with Crippen LogP contribution in [-0.2, 0) is 0 Å². The second kappa shape index (κ2) is 5.46. The normalized spacial score (nSPS) is 14.8. The van der Waals surface area contributed by atoms with E-state index >= 15 is 0 Å². The van der Waals surface area contributed by atoms with Crippen LogP contribution in [0.3, 0.4) is 0 Å². The summed E-state index contributed by atoms with van der Waals surface area (Å²) in [4.78, 5) is 18.0. The van der Waals surface area contributed by atoms with Gasteiger partial charge in [-0.15, -0.1) is 0 Å². The first-order valence-corrected chi connectivity index (χ1v) is 7.12. The van der Waals surface area contributed by atoms with Gasteiger partial charge in [-0.25, -0.2) is 4.79 Å². The molecule has 104 valence electrons. The van der Waals surface area contributed by atoms with Crippen molar-refractivity contribution in [2.45, 2.75) is 12.8 Å². The molecule has 1 fully saturated rings. The zero-order chi connectivity index (χ0) is 14.1. The quantitative estimate of drug-likeness (QED) is 0.795. The Labute approximate surface area is 126 Å². The molecular weight excluding hydrogens is 299 g/mol. The van der Waals surface area contributed by atoms with Crippen LogP contribution in [0.5, 0.6) is 5.75 Å². The number of ether oxygens (including phenoxy) is 1. The highest BCUT2D eigenvalue weighted by Crippen LogP contribution is 2.37. The number of halogens is 2. The molecule has 20 heavy (non-hydrogen) atoms. The Morgan fingerprint density at radius 1 is 1.25 bits per heavy atom. The van der Waals surface area contributed by atoms with Crippen molar-refractivity contribution in [3.8, 4) is 5.75 Å². The first-order valence-electron chi connectivity index (χ1n) is 6.36. The second-order valence-electron chi connectivity index (χ2n) is 4.63. The number of nitrogens with zero attached hydrogens (tertiary/aromatic N) is 2. The second-order valence-corrected chi connectivity index (χ2v) is 5.45. The van der Waals surface area contributed by atoms with E-state index in [0.717, 1.165) is 25.9 Å². The Morgan fingerprint density at radius 3 is 2.75 bits per heavy atom. The summed E-state index contributed by atoms with van der Waals surface area (Å²) in [7, 11) is 0. The van der Waals surface area contributed by atoms with Gasteiger partial charge in [0.2, 0.25) is 0 Å². The summed E-state index contributed by atoms with van der Waals surface area (Å²) in [5.41, 5.74) is 0.498. The van der Waals surface area contributed by atoms with Crippen molar-refractivity contribution in [1.29, 1.82) is 0 Å². The number of amides is 1. The van der Waals surface area contributed by atoms with Gasteiger partial charge in [0, 0.05) is 24.7 Å². The molecule has 0 radical (unpaired) electrons. The third-order valence-corrected chi connectivity index (χ3v) is 3.90. The number of carbonyl (C=O) groups excluding carboxylic acids is 1. The van der Waals surface area contributed by atoms with Crippen LogP contribution in [0.1, 0.15) is 12.8 Å². The van der Waals surface area contributed by atoms with E-state index in [0.29, 0.717) is 15.9 Å². The average molecular weight is 311 g/mol. The number of fused-ring (bicyclic) bond motifs is 1. The van der Waals surface area contributed by atoms with Crippen molar-refractivity contribution in [3.63, 3.8) is 0 Å². The zero-order valence-electron chi connectivity index (χ0n) is 10.6. The van der Waals surface area contributed by atoms with Crippen molar-refractivity contribution < 1.29 is 9.53 Å². The van der Waals surface area contributed by atoms with Crippen molar-refractivity contribution >= 4 is 40.2 Å². The van der Waals surface area contributed by atoms with E-state index in [2.05, 4.69) is 4.98 Å². The van der Waals surface area contributed by atoms with E-state index in [1.807, 2.05) is 6.07 Å². The fraction of sp³-hybridized carbons (Fsp3) is 0.286. The van der Waals surface area contributed by atoms with Crippen LogP contribution in [0, 0.1) is 0 Å². The van der Waals surface area contributed by atoms with Gasteiger partial charge in [0.15, 0.2) is 5.75 Å². The van der Waals surface area contributed by atoms with Crippen LogP contribution < -0.4 is 4.74 Å². The Bertz CT molecular complexity index is 670. The molecule has 1 aromatic heterocycles. The molecule has 0 saturated carbocycles. The minimum absolute atomic E-state index is 0.267. The summed E-state index contributed by atoms with van der Waals surface area (Å²) in [6.07, 6.45) is 3.23.